The number of benzene rings is 1. The number of aliphatic hydroxyl groups is 1. The average Bonchev–Trinajstić information content (AvgIpc) is 2.82. The highest BCUT2D eigenvalue weighted by molar-refractivity contribution is 9.10. The molecule has 1 aromatic carbocycles. The highest BCUT2D eigenvalue weighted by atomic mass is 79.9. The van der Waals surface area contributed by atoms with E-state index in [1.807, 2.05) is 18.2 Å². The van der Waals surface area contributed by atoms with E-state index in [0.717, 1.165) is 20.7 Å². The fourth-order valence-electron chi connectivity index (χ4n) is 1.55. The van der Waals surface area contributed by atoms with Crippen molar-refractivity contribution in [3.8, 4) is 5.75 Å². The van der Waals surface area contributed by atoms with Gasteiger partial charge >= 0.3 is 0 Å². The number of methoxy groups -OCH3 is 1. The molecule has 1 atom stereocenters. The summed E-state index contributed by atoms with van der Waals surface area (Å²) in [7, 11) is 1.63. The highest BCUT2D eigenvalue weighted by Crippen LogP contribution is 2.28. The Balaban J connectivity index is 2.11. The Kier molecular flexibility index (Phi) is 4.15. The molecule has 2 aromatic rings. The van der Waals surface area contributed by atoms with Crippen LogP contribution in [-0.2, 0) is 6.42 Å². The summed E-state index contributed by atoms with van der Waals surface area (Å²) in [5.41, 5.74) is 2.78. The number of aromatic nitrogens is 1. The number of rotatable bonds is 4. The first-order valence-electron chi connectivity index (χ1n) is 5.09. The molecular formula is C12H12BrNO2S. The zero-order valence-corrected chi connectivity index (χ0v) is 11.7. The number of hydrogen-bond acceptors (Lipinski definition) is 4. The SMILES string of the molecule is COc1ccc(CC(O)c2cncs2)cc1Br. The summed E-state index contributed by atoms with van der Waals surface area (Å²) in [6.45, 7) is 0. The molecule has 0 spiro atoms. The monoisotopic (exact) mass is 313 g/mol. The van der Waals surface area contributed by atoms with E-state index in [1.165, 1.54) is 11.3 Å². The molecule has 0 saturated carbocycles. The van der Waals surface area contributed by atoms with Crippen LogP contribution in [0.3, 0.4) is 0 Å². The number of hydrogen-bond donors (Lipinski definition) is 1. The molecule has 0 radical (unpaired) electrons. The summed E-state index contributed by atoms with van der Waals surface area (Å²) < 4.78 is 6.06. The van der Waals surface area contributed by atoms with Gasteiger partial charge in [0.15, 0.2) is 0 Å². The van der Waals surface area contributed by atoms with Crippen LogP contribution in [-0.4, -0.2) is 17.2 Å². The summed E-state index contributed by atoms with van der Waals surface area (Å²) >= 11 is 4.89. The van der Waals surface area contributed by atoms with Gasteiger partial charge in [0.1, 0.15) is 5.75 Å². The van der Waals surface area contributed by atoms with Gasteiger partial charge in [0.2, 0.25) is 0 Å². The molecule has 5 heteroatoms. The number of ether oxygens (including phenoxy) is 1. The third-order valence-corrected chi connectivity index (χ3v) is 3.92. The second kappa shape index (κ2) is 5.62. The number of halogens is 1. The summed E-state index contributed by atoms with van der Waals surface area (Å²) in [4.78, 5) is 4.85. The molecule has 0 aliphatic heterocycles. The standard InChI is InChI=1S/C12H12BrNO2S/c1-16-11-3-2-8(4-9(11)13)5-10(15)12-6-14-7-17-12/h2-4,6-7,10,15H,5H2,1H3. The molecule has 0 fully saturated rings. The van der Waals surface area contributed by atoms with Gasteiger partial charge in [-0.2, -0.15) is 0 Å². The number of nitrogens with zero attached hydrogens (tertiary/aromatic N) is 1. The zero-order chi connectivity index (χ0) is 12.3. The van der Waals surface area contributed by atoms with Crippen molar-refractivity contribution >= 4 is 27.3 Å². The molecule has 1 N–H and O–H groups in total. The van der Waals surface area contributed by atoms with E-state index in [1.54, 1.807) is 18.8 Å². The Labute approximate surface area is 112 Å². The maximum Gasteiger partial charge on any atom is 0.133 e. The van der Waals surface area contributed by atoms with Crippen molar-refractivity contribution in [2.24, 2.45) is 0 Å². The first-order valence-corrected chi connectivity index (χ1v) is 6.77. The molecule has 1 unspecified atom stereocenters. The summed E-state index contributed by atoms with van der Waals surface area (Å²) in [6, 6.07) is 5.80. The van der Waals surface area contributed by atoms with Gasteiger partial charge in [0.25, 0.3) is 0 Å². The van der Waals surface area contributed by atoms with Crippen molar-refractivity contribution < 1.29 is 9.84 Å². The van der Waals surface area contributed by atoms with Crippen LogP contribution >= 0.6 is 27.3 Å². The van der Waals surface area contributed by atoms with E-state index >= 15 is 0 Å². The van der Waals surface area contributed by atoms with Gasteiger partial charge in [-0.1, -0.05) is 6.07 Å². The molecule has 1 aromatic heterocycles. The van der Waals surface area contributed by atoms with Crippen molar-refractivity contribution in [3.63, 3.8) is 0 Å². The average molecular weight is 314 g/mol. The first-order chi connectivity index (χ1) is 8.20. The van der Waals surface area contributed by atoms with Gasteiger partial charge < -0.3 is 9.84 Å². The zero-order valence-electron chi connectivity index (χ0n) is 9.26. The molecule has 1 heterocycles. The third-order valence-electron chi connectivity index (χ3n) is 2.43. The molecule has 17 heavy (non-hydrogen) atoms. The van der Waals surface area contributed by atoms with Crippen LogP contribution in [0.25, 0.3) is 0 Å². The largest absolute Gasteiger partial charge is 0.496 e. The molecular weight excluding hydrogens is 302 g/mol. The fourth-order valence-corrected chi connectivity index (χ4v) is 2.74. The highest BCUT2D eigenvalue weighted by Gasteiger charge is 2.11. The molecule has 0 saturated heterocycles. The molecule has 3 nitrogen and oxygen atoms in total. The minimum Gasteiger partial charge on any atom is -0.496 e. The van der Waals surface area contributed by atoms with Crippen LogP contribution in [0.2, 0.25) is 0 Å². The number of thiazole rings is 1. The maximum atomic E-state index is 10.0. The lowest BCUT2D eigenvalue weighted by molar-refractivity contribution is 0.182. The first kappa shape index (κ1) is 12.5. The van der Waals surface area contributed by atoms with Crippen LogP contribution in [0.4, 0.5) is 0 Å². The van der Waals surface area contributed by atoms with E-state index in [-0.39, 0.29) is 0 Å². The molecule has 90 valence electrons. The number of aliphatic hydroxyl groups excluding tert-OH is 1. The van der Waals surface area contributed by atoms with Crippen molar-refractivity contribution in [1.82, 2.24) is 4.98 Å². The topological polar surface area (TPSA) is 42.4 Å². The molecule has 0 amide bonds. The van der Waals surface area contributed by atoms with Gasteiger partial charge in [-0.3, -0.25) is 4.98 Å². The quantitative estimate of drug-likeness (QED) is 0.942. The lowest BCUT2D eigenvalue weighted by Crippen LogP contribution is -1.99. The second-order valence-corrected chi connectivity index (χ2v) is 5.36. The van der Waals surface area contributed by atoms with Crippen molar-refractivity contribution in [3.05, 3.63) is 44.8 Å². The van der Waals surface area contributed by atoms with Gasteiger partial charge in [0.05, 0.1) is 28.1 Å². The predicted molar refractivity (Wildman–Crippen MR) is 71.5 cm³/mol. The molecule has 2 rings (SSSR count). The van der Waals surface area contributed by atoms with Crippen LogP contribution in [0.5, 0.6) is 5.75 Å². The molecule has 0 aliphatic carbocycles. The van der Waals surface area contributed by atoms with Crippen molar-refractivity contribution in [2.45, 2.75) is 12.5 Å². The molecule has 0 aliphatic rings. The smallest absolute Gasteiger partial charge is 0.133 e. The second-order valence-electron chi connectivity index (χ2n) is 3.59. The summed E-state index contributed by atoms with van der Waals surface area (Å²) in [5, 5.41) is 10.0. The Morgan fingerprint density at radius 2 is 2.35 bits per heavy atom. The van der Waals surface area contributed by atoms with Gasteiger partial charge in [-0.05, 0) is 33.6 Å². The van der Waals surface area contributed by atoms with E-state index in [2.05, 4.69) is 20.9 Å². The normalized spacial score (nSPS) is 12.4. The Morgan fingerprint density at radius 1 is 1.53 bits per heavy atom. The summed E-state index contributed by atoms with van der Waals surface area (Å²) in [6.07, 6.45) is 1.78. The van der Waals surface area contributed by atoms with Crippen LogP contribution < -0.4 is 4.74 Å². The maximum absolute atomic E-state index is 10.0. The lowest BCUT2D eigenvalue weighted by Gasteiger charge is -2.10. The van der Waals surface area contributed by atoms with E-state index in [4.69, 9.17) is 4.74 Å². The lowest BCUT2D eigenvalue weighted by atomic mass is 10.1. The van der Waals surface area contributed by atoms with Crippen LogP contribution in [0, 0.1) is 0 Å². The van der Waals surface area contributed by atoms with Crippen LogP contribution in [0.1, 0.15) is 16.5 Å². The van der Waals surface area contributed by atoms with E-state index < -0.39 is 6.10 Å². The minimum absolute atomic E-state index is 0.497. The van der Waals surface area contributed by atoms with Gasteiger partial charge in [-0.25, -0.2) is 0 Å². The Hall–Kier alpha value is -0.910. The Bertz CT molecular complexity index is 487. The summed E-state index contributed by atoms with van der Waals surface area (Å²) in [5.74, 6) is 0.793. The van der Waals surface area contributed by atoms with Crippen LogP contribution in [0.15, 0.2) is 34.4 Å². The Morgan fingerprint density at radius 3 is 2.94 bits per heavy atom. The third kappa shape index (κ3) is 3.06. The van der Waals surface area contributed by atoms with Gasteiger partial charge in [0, 0.05) is 12.6 Å². The van der Waals surface area contributed by atoms with E-state index in [9.17, 15) is 5.11 Å². The van der Waals surface area contributed by atoms with Crippen molar-refractivity contribution in [1.29, 1.82) is 0 Å². The predicted octanol–water partition coefficient (Wildman–Crippen LogP) is 3.19. The van der Waals surface area contributed by atoms with Crippen molar-refractivity contribution in [2.75, 3.05) is 7.11 Å². The van der Waals surface area contributed by atoms with E-state index in [0.29, 0.717) is 6.42 Å². The fraction of sp³-hybridized carbons (Fsp3) is 0.250. The van der Waals surface area contributed by atoms with Gasteiger partial charge in [-0.15, -0.1) is 11.3 Å². The molecule has 0 bridgehead atoms. The minimum atomic E-state index is -0.497.